The van der Waals surface area contributed by atoms with E-state index in [2.05, 4.69) is 0 Å². The van der Waals surface area contributed by atoms with Crippen LogP contribution in [0.15, 0.2) is 84.4 Å². The first kappa shape index (κ1) is 18.8. The van der Waals surface area contributed by atoms with E-state index < -0.39 is 5.97 Å². The number of benzene rings is 3. The summed E-state index contributed by atoms with van der Waals surface area (Å²) in [5.41, 5.74) is 2.61. The summed E-state index contributed by atoms with van der Waals surface area (Å²) in [6, 6.07) is 24.4. The van der Waals surface area contributed by atoms with E-state index >= 15 is 0 Å². The van der Waals surface area contributed by atoms with Crippen LogP contribution in [-0.4, -0.2) is 11.8 Å². The molecular formula is C24H17NO3. The first-order chi connectivity index (χ1) is 13.6. The molecule has 4 heteroatoms. The largest absolute Gasteiger partial charge is 0.423 e. The highest BCUT2D eigenvalue weighted by Gasteiger charge is 2.12. The smallest absolute Gasteiger partial charge is 0.343 e. The third-order valence-corrected chi connectivity index (χ3v) is 4.06. The molecule has 0 spiro atoms. The summed E-state index contributed by atoms with van der Waals surface area (Å²) >= 11 is 0. The van der Waals surface area contributed by atoms with Crippen LogP contribution in [0.2, 0.25) is 0 Å². The van der Waals surface area contributed by atoms with Crippen molar-refractivity contribution in [1.29, 1.82) is 5.26 Å². The fraction of sp³-hybridized carbons (Fsp3) is 0.0417. The number of esters is 1. The van der Waals surface area contributed by atoms with Crippen LogP contribution in [0.1, 0.15) is 31.8 Å². The van der Waals surface area contributed by atoms with Crippen LogP contribution in [0.4, 0.5) is 0 Å². The van der Waals surface area contributed by atoms with Gasteiger partial charge in [-0.3, -0.25) is 4.79 Å². The summed E-state index contributed by atoms with van der Waals surface area (Å²) in [5.74, 6) is -0.390. The van der Waals surface area contributed by atoms with Gasteiger partial charge in [0, 0.05) is 5.56 Å². The van der Waals surface area contributed by atoms with Gasteiger partial charge in [-0.15, -0.1) is 0 Å². The Balaban J connectivity index is 1.74. The van der Waals surface area contributed by atoms with Crippen molar-refractivity contribution in [3.8, 4) is 11.8 Å². The number of allylic oxidation sites excluding steroid dienone is 1. The Morgan fingerprint density at radius 1 is 0.893 bits per heavy atom. The van der Waals surface area contributed by atoms with Crippen molar-refractivity contribution in [1.82, 2.24) is 0 Å². The van der Waals surface area contributed by atoms with Crippen molar-refractivity contribution in [2.75, 3.05) is 0 Å². The highest BCUT2D eigenvalue weighted by atomic mass is 16.5. The monoisotopic (exact) mass is 367 g/mol. The number of ether oxygens (including phenoxy) is 1. The average molecular weight is 367 g/mol. The van der Waals surface area contributed by atoms with Crippen molar-refractivity contribution in [3.05, 3.63) is 107 Å². The van der Waals surface area contributed by atoms with Crippen LogP contribution in [0.3, 0.4) is 0 Å². The molecule has 0 N–H and O–H groups in total. The minimum atomic E-state index is -0.441. The predicted molar refractivity (Wildman–Crippen MR) is 107 cm³/mol. The first-order valence-corrected chi connectivity index (χ1v) is 8.67. The van der Waals surface area contributed by atoms with E-state index in [1.807, 2.05) is 25.1 Å². The molecule has 0 heterocycles. The quantitative estimate of drug-likeness (QED) is 0.209. The van der Waals surface area contributed by atoms with Crippen LogP contribution in [0, 0.1) is 18.3 Å². The Morgan fingerprint density at radius 3 is 2.21 bits per heavy atom. The maximum Gasteiger partial charge on any atom is 0.343 e. The summed E-state index contributed by atoms with van der Waals surface area (Å²) in [6.07, 6.45) is 1.52. The molecule has 0 fully saturated rings. The van der Waals surface area contributed by atoms with Crippen LogP contribution in [-0.2, 0) is 0 Å². The molecule has 0 radical (unpaired) electrons. The minimum absolute atomic E-state index is 0.0377. The number of carbonyl (C=O) groups is 2. The molecule has 0 aliphatic rings. The molecule has 0 bridgehead atoms. The number of Topliss-reactive ketones (excluding diaryl/α,β-unsaturated/α-hetero) is 1. The van der Waals surface area contributed by atoms with E-state index in [1.54, 1.807) is 66.7 Å². The van der Waals surface area contributed by atoms with Crippen LogP contribution < -0.4 is 4.74 Å². The molecule has 136 valence electrons. The molecule has 0 atom stereocenters. The second kappa shape index (κ2) is 8.61. The van der Waals surface area contributed by atoms with Crippen LogP contribution >= 0.6 is 0 Å². The molecule has 0 saturated carbocycles. The molecule has 0 aliphatic heterocycles. The topological polar surface area (TPSA) is 67.2 Å². The number of hydrogen-bond donors (Lipinski definition) is 0. The zero-order valence-electron chi connectivity index (χ0n) is 15.3. The van der Waals surface area contributed by atoms with E-state index in [-0.39, 0.29) is 11.4 Å². The van der Waals surface area contributed by atoms with Crippen molar-refractivity contribution in [2.45, 2.75) is 6.92 Å². The summed E-state index contributed by atoms with van der Waals surface area (Å²) in [5, 5.41) is 9.33. The van der Waals surface area contributed by atoms with Gasteiger partial charge < -0.3 is 4.74 Å². The van der Waals surface area contributed by atoms with Gasteiger partial charge >= 0.3 is 5.97 Å². The van der Waals surface area contributed by atoms with Gasteiger partial charge in [-0.1, -0.05) is 60.2 Å². The molecular weight excluding hydrogens is 350 g/mol. The summed E-state index contributed by atoms with van der Waals surface area (Å²) in [6.45, 7) is 1.90. The maximum atomic E-state index is 12.4. The number of hydrogen-bond acceptors (Lipinski definition) is 4. The molecule has 3 aromatic rings. The molecule has 0 unspecified atom stereocenters. The third kappa shape index (κ3) is 4.60. The van der Waals surface area contributed by atoms with Gasteiger partial charge in [0.2, 0.25) is 5.78 Å². The number of ketones is 1. The zero-order valence-corrected chi connectivity index (χ0v) is 15.3. The third-order valence-electron chi connectivity index (χ3n) is 4.06. The molecule has 0 aromatic heterocycles. The molecule has 4 nitrogen and oxygen atoms in total. The van der Waals surface area contributed by atoms with Crippen LogP contribution in [0.5, 0.6) is 5.75 Å². The minimum Gasteiger partial charge on any atom is -0.423 e. The van der Waals surface area contributed by atoms with Gasteiger partial charge in [-0.05, 0) is 42.8 Å². The molecule has 0 amide bonds. The standard InChI is InChI=1S/C24H17NO3/c1-17-6-5-9-20(14-17)24(27)28-22-12-10-18(11-13-22)15-21(16-25)23(26)19-7-3-2-4-8-19/h2-15H,1H3/b21-15+. The van der Waals surface area contributed by atoms with Crippen molar-refractivity contribution in [3.63, 3.8) is 0 Å². The Morgan fingerprint density at radius 2 is 1.57 bits per heavy atom. The SMILES string of the molecule is Cc1cccc(C(=O)Oc2ccc(/C=C(\C#N)C(=O)c3ccccc3)cc2)c1. The lowest BCUT2D eigenvalue weighted by molar-refractivity contribution is 0.0734. The summed E-state index contributed by atoms with van der Waals surface area (Å²) in [4.78, 5) is 24.6. The maximum absolute atomic E-state index is 12.4. The highest BCUT2D eigenvalue weighted by Crippen LogP contribution is 2.18. The van der Waals surface area contributed by atoms with Crippen molar-refractivity contribution >= 4 is 17.8 Å². The lowest BCUT2D eigenvalue weighted by Gasteiger charge is -2.05. The van der Waals surface area contributed by atoms with Crippen molar-refractivity contribution in [2.24, 2.45) is 0 Å². The first-order valence-electron chi connectivity index (χ1n) is 8.67. The van der Waals surface area contributed by atoms with Gasteiger partial charge in [0.25, 0.3) is 0 Å². The Kier molecular flexibility index (Phi) is 5.78. The fourth-order valence-electron chi connectivity index (χ4n) is 2.63. The summed E-state index contributed by atoms with van der Waals surface area (Å²) in [7, 11) is 0. The van der Waals surface area contributed by atoms with Gasteiger partial charge in [0.15, 0.2) is 0 Å². The Labute approximate surface area is 163 Å². The highest BCUT2D eigenvalue weighted by molar-refractivity contribution is 6.14. The molecule has 3 aromatic carbocycles. The number of aryl methyl sites for hydroxylation is 1. The second-order valence-corrected chi connectivity index (χ2v) is 6.19. The number of rotatable bonds is 5. The van der Waals surface area contributed by atoms with Crippen molar-refractivity contribution < 1.29 is 14.3 Å². The lowest BCUT2D eigenvalue weighted by atomic mass is 10.0. The van der Waals surface area contributed by atoms with E-state index in [1.165, 1.54) is 6.08 Å². The van der Waals surface area contributed by atoms with Gasteiger partial charge in [0.05, 0.1) is 5.56 Å². The molecule has 28 heavy (non-hydrogen) atoms. The number of nitriles is 1. The van der Waals surface area contributed by atoms with E-state index in [4.69, 9.17) is 4.74 Å². The van der Waals surface area contributed by atoms with Gasteiger partial charge in [-0.25, -0.2) is 4.79 Å². The molecule has 0 aliphatic carbocycles. The average Bonchev–Trinajstić information content (AvgIpc) is 2.73. The molecule has 0 saturated heterocycles. The number of nitrogens with zero attached hydrogens (tertiary/aromatic N) is 1. The van der Waals surface area contributed by atoms with Gasteiger partial charge in [0.1, 0.15) is 17.4 Å². The zero-order chi connectivity index (χ0) is 19.9. The second-order valence-electron chi connectivity index (χ2n) is 6.19. The lowest BCUT2D eigenvalue weighted by Crippen LogP contribution is -2.08. The van der Waals surface area contributed by atoms with E-state index in [9.17, 15) is 14.9 Å². The normalized spacial score (nSPS) is 10.8. The van der Waals surface area contributed by atoms with Crippen LogP contribution in [0.25, 0.3) is 6.08 Å². The number of carbonyl (C=O) groups excluding carboxylic acids is 2. The Hall–Kier alpha value is -3.97. The van der Waals surface area contributed by atoms with Gasteiger partial charge in [-0.2, -0.15) is 5.26 Å². The fourth-order valence-corrected chi connectivity index (χ4v) is 2.63. The van der Waals surface area contributed by atoms with E-state index in [0.29, 0.717) is 22.4 Å². The Bertz CT molecular complexity index is 1070. The van der Waals surface area contributed by atoms with E-state index in [0.717, 1.165) is 5.56 Å². The summed E-state index contributed by atoms with van der Waals surface area (Å²) < 4.78 is 5.37. The predicted octanol–water partition coefficient (Wildman–Crippen LogP) is 5.00. The molecule has 3 rings (SSSR count).